The van der Waals surface area contributed by atoms with Crippen LogP contribution >= 0.6 is 11.3 Å². The van der Waals surface area contributed by atoms with Gasteiger partial charge in [0.2, 0.25) is 0 Å². The Morgan fingerprint density at radius 2 is 1.90 bits per heavy atom. The van der Waals surface area contributed by atoms with E-state index in [0.29, 0.717) is 12.4 Å². The van der Waals surface area contributed by atoms with Gasteiger partial charge < -0.3 is 14.8 Å². The minimum absolute atomic E-state index is 0.102. The maximum absolute atomic E-state index is 12.1. The van der Waals surface area contributed by atoms with Crippen LogP contribution in [0.15, 0.2) is 29.6 Å². The van der Waals surface area contributed by atoms with Gasteiger partial charge in [-0.3, -0.25) is 10.1 Å². The van der Waals surface area contributed by atoms with Crippen LogP contribution in [0, 0.1) is 6.92 Å². The summed E-state index contributed by atoms with van der Waals surface area (Å²) in [5.41, 5.74) is 1.13. The van der Waals surface area contributed by atoms with E-state index in [9.17, 15) is 14.4 Å². The maximum Gasteiger partial charge on any atom is 0.338 e. The Hall–Kier alpha value is -2.94. The van der Waals surface area contributed by atoms with E-state index in [2.05, 4.69) is 15.6 Å². The lowest BCUT2D eigenvalue weighted by molar-refractivity contribution is -0.123. The van der Waals surface area contributed by atoms with Gasteiger partial charge in [0, 0.05) is 11.4 Å². The molecule has 1 aromatic carbocycles. The highest BCUT2D eigenvalue weighted by Gasteiger charge is 2.19. The first-order chi connectivity index (χ1) is 14.0. The smallest absolute Gasteiger partial charge is 0.338 e. The van der Waals surface area contributed by atoms with Gasteiger partial charge in [-0.15, -0.1) is 11.3 Å². The Kier molecular flexibility index (Phi) is 7.18. The molecule has 1 saturated carbocycles. The first-order valence-electron chi connectivity index (χ1n) is 9.41. The number of hydrogen-bond donors (Lipinski definition) is 2. The van der Waals surface area contributed by atoms with Crippen molar-refractivity contribution in [3.05, 3.63) is 45.9 Å². The van der Waals surface area contributed by atoms with Crippen molar-refractivity contribution in [2.75, 3.05) is 6.61 Å². The zero-order valence-corrected chi connectivity index (χ0v) is 16.9. The first kappa shape index (κ1) is 20.8. The van der Waals surface area contributed by atoms with E-state index < -0.39 is 24.5 Å². The Morgan fingerprint density at radius 3 is 2.55 bits per heavy atom. The van der Waals surface area contributed by atoms with Gasteiger partial charge in [-0.2, -0.15) is 0 Å². The highest BCUT2D eigenvalue weighted by Crippen LogP contribution is 2.17. The second-order valence-electron chi connectivity index (χ2n) is 6.75. The normalized spacial score (nSPS) is 13.7. The van der Waals surface area contributed by atoms with Crippen molar-refractivity contribution < 1.29 is 23.9 Å². The van der Waals surface area contributed by atoms with Crippen LogP contribution in [0.5, 0.6) is 5.75 Å². The number of benzene rings is 1. The number of urea groups is 1. The van der Waals surface area contributed by atoms with Gasteiger partial charge in [0.1, 0.15) is 12.4 Å². The number of imide groups is 1. The van der Waals surface area contributed by atoms with E-state index in [1.165, 1.54) is 0 Å². The lowest BCUT2D eigenvalue weighted by Crippen LogP contribution is -2.44. The summed E-state index contributed by atoms with van der Waals surface area (Å²) in [5, 5.41) is 7.80. The zero-order valence-electron chi connectivity index (χ0n) is 16.1. The van der Waals surface area contributed by atoms with Gasteiger partial charge in [0.05, 0.1) is 16.3 Å². The van der Waals surface area contributed by atoms with Gasteiger partial charge >= 0.3 is 12.0 Å². The lowest BCUT2D eigenvalue weighted by Gasteiger charge is -2.12. The molecule has 1 fully saturated rings. The number of carbonyl (C=O) groups is 3. The number of nitrogens with zero attached hydrogens (tertiary/aromatic N) is 1. The zero-order chi connectivity index (χ0) is 20.6. The molecular formula is C20H23N3O5S. The summed E-state index contributed by atoms with van der Waals surface area (Å²) >= 11 is 1.55. The van der Waals surface area contributed by atoms with Gasteiger partial charge in [-0.25, -0.2) is 14.6 Å². The molecule has 1 heterocycles. The molecule has 2 N–H and O–H groups in total. The predicted octanol–water partition coefficient (Wildman–Crippen LogP) is 2.96. The van der Waals surface area contributed by atoms with Crippen LogP contribution in [-0.4, -0.2) is 35.5 Å². The van der Waals surface area contributed by atoms with Gasteiger partial charge in [0.25, 0.3) is 5.91 Å². The third kappa shape index (κ3) is 6.56. The van der Waals surface area contributed by atoms with Gasteiger partial charge in [-0.1, -0.05) is 12.8 Å². The van der Waals surface area contributed by atoms with E-state index in [1.807, 2.05) is 12.3 Å². The quantitative estimate of drug-likeness (QED) is 0.671. The molecule has 8 nitrogen and oxygen atoms in total. The molecule has 0 saturated heterocycles. The second-order valence-corrected chi connectivity index (χ2v) is 7.81. The van der Waals surface area contributed by atoms with Crippen LogP contribution in [0.25, 0.3) is 0 Å². The summed E-state index contributed by atoms with van der Waals surface area (Å²) in [6.45, 7) is 1.74. The van der Waals surface area contributed by atoms with E-state index in [4.69, 9.17) is 9.47 Å². The second kappa shape index (κ2) is 10.0. The number of carbonyl (C=O) groups excluding carboxylic acids is 3. The van der Waals surface area contributed by atoms with Crippen LogP contribution in [0.4, 0.5) is 4.79 Å². The number of aromatic nitrogens is 1. The highest BCUT2D eigenvalue weighted by atomic mass is 32.1. The van der Waals surface area contributed by atoms with Crippen molar-refractivity contribution >= 4 is 29.2 Å². The molecule has 0 radical (unpaired) electrons. The van der Waals surface area contributed by atoms with Gasteiger partial charge in [0.15, 0.2) is 6.61 Å². The minimum atomic E-state index is -0.674. The van der Waals surface area contributed by atoms with E-state index >= 15 is 0 Å². The van der Waals surface area contributed by atoms with E-state index in [0.717, 1.165) is 36.4 Å². The summed E-state index contributed by atoms with van der Waals surface area (Å²) in [5.74, 6) is -0.737. The molecular weight excluding hydrogens is 394 g/mol. The monoisotopic (exact) mass is 417 g/mol. The number of esters is 1. The molecule has 1 aliphatic rings. The van der Waals surface area contributed by atoms with Crippen LogP contribution in [0.2, 0.25) is 0 Å². The molecule has 3 amide bonds. The van der Waals surface area contributed by atoms with E-state index in [1.54, 1.807) is 35.6 Å². The molecule has 0 bridgehead atoms. The van der Waals surface area contributed by atoms with Crippen LogP contribution in [0.3, 0.4) is 0 Å². The van der Waals surface area contributed by atoms with Crippen molar-refractivity contribution in [3.63, 3.8) is 0 Å². The Bertz CT molecular complexity index is 859. The number of rotatable bonds is 7. The maximum atomic E-state index is 12.1. The fraction of sp³-hybridized carbons (Fsp3) is 0.400. The molecule has 3 rings (SSSR count). The lowest BCUT2D eigenvalue weighted by atomic mass is 10.2. The summed E-state index contributed by atoms with van der Waals surface area (Å²) in [7, 11) is 0. The van der Waals surface area contributed by atoms with Crippen molar-refractivity contribution in [2.45, 2.75) is 45.3 Å². The molecule has 0 aliphatic heterocycles. The molecule has 0 spiro atoms. The molecule has 1 aromatic heterocycles. The Balaban J connectivity index is 1.39. The Morgan fingerprint density at radius 1 is 1.17 bits per heavy atom. The largest absolute Gasteiger partial charge is 0.487 e. The highest BCUT2D eigenvalue weighted by molar-refractivity contribution is 7.09. The number of nitrogens with one attached hydrogen (secondary N) is 2. The first-order valence-corrected chi connectivity index (χ1v) is 10.3. The number of amides is 3. The third-order valence-corrected chi connectivity index (χ3v) is 5.24. The summed E-state index contributed by atoms with van der Waals surface area (Å²) in [4.78, 5) is 39.9. The van der Waals surface area contributed by atoms with Crippen molar-refractivity contribution in [2.24, 2.45) is 0 Å². The van der Waals surface area contributed by atoms with Crippen LogP contribution < -0.4 is 15.4 Å². The fourth-order valence-corrected chi connectivity index (χ4v) is 3.59. The Labute approximate surface area is 172 Å². The van der Waals surface area contributed by atoms with Crippen LogP contribution in [0.1, 0.15) is 46.7 Å². The molecule has 0 atom stereocenters. The van der Waals surface area contributed by atoms with E-state index in [-0.39, 0.29) is 11.6 Å². The predicted molar refractivity (Wildman–Crippen MR) is 107 cm³/mol. The van der Waals surface area contributed by atoms with Crippen LogP contribution in [-0.2, 0) is 16.1 Å². The topological polar surface area (TPSA) is 107 Å². The third-order valence-electron chi connectivity index (χ3n) is 4.42. The van der Waals surface area contributed by atoms with Gasteiger partial charge in [-0.05, 0) is 44.0 Å². The number of ether oxygens (including phenoxy) is 2. The number of aryl methyl sites for hydroxylation is 1. The average Bonchev–Trinajstić information content (AvgIpc) is 3.36. The standard InChI is InChI=1S/C20H23N3O5S/c1-13-21-16(12-29-13)10-27-17-8-6-14(7-9-17)19(25)28-11-18(24)23-20(26)22-15-4-2-3-5-15/h6-9,12,15H,2-5,10-11H2,1H3,(H2,22,23,24,26). The minimum Gasteiger partial charge on any atom is -0.487 e. The molecule has 1 aliphatic carbocycles. The molecule has 9 heteroatoms. The van der Waals surface area contributed by atoms with Crippen molar-refractivity contribution in [1.82, 2.24) is 15.6 Å². The summed E-state index contributed by atoms with van der Waals surface area (Å²) < 4.78 is 10.6. The van der Waals surface area contributed by atoms with Crippen molar-refractivity contribution in [1.29, 1.82) is 0 Å². The molecule has 29 heavy (non-hydrogen) atoms. The molecule has 154 valence electrons. The van der Waals surface area contributed by atoms with Crippen molar-refractivity contribution in [3.8, 4) is 5.75 Å². The fourth-order valence-electron chi connectivity index (χ4n) is 2.99. The molecule has 2 aromatic rings. The number of hydrogen-bond acceptors (Lipinski definition) is 7. The molecule has 0 unspecified atom stereocenters. The summed E-state index contributed by atoms with van der Waals surface area (Å²) in [6, 6.07) is 5.93. The SMILES string of the molecule is Cc1nc(COc2ccc(C(=O)OCC(=O)NC(=O)NC3CCCC3)cc2)cs1. The number of thiazole rings is 1. The summed E-state index contributed by atoms with van der Waals surface area (Å²) in [6.07, 6.45) is 3.98. The average molecular weight is 417 g/mol.